The standard InChI is InChI=1S/C21H22N4O5S2/c1-14-17(22-21(30-14)18-8-5-11-31-18)13-19(26)23-24-20(27)15-6-4-7-16(12-15)32(28,29)25-9-2-3-10-25/h4-8,11-12H,2-3,9-10,13H2,1H3,(H,23,26)(H,24,27). The van der Waals surface area contributed by atoms with Crippen LogP contribution in [-0.4, -0.2) is 42.6 Å². The first-order valence-electron chi connectivity index (χ1n) is 10.0. The molecule has 4 rings (SSSR count). The van der Waals surface area contributed by atoms with Gasteiger partial charge in [0.15, 0.2) is 0 Å². The Morgan fingerprint density at radius 2 is 1.94 bits per heavy atom. The smallest absolute Gasteiger partial charge is 0.269 e. The third-order valence-electron chi connectivity index (χ3n) is 5.07. The van der Waals surface area contributed by atoms with Crippen molar-refractivity contribution in [3.63, 3.8) is 0 Å². The van der Waals surface area contributed by atoms with E-state index in [1.807, 2.05) is 17.5 Å². The molecule has 3 heterocycles. The molecule has 0 spiro atoms. The van der Waals surface area contributed by atoms with Gasteiger partial charge in [0.05, 0.1) is 21.9 Å². The summed E-state index contributed by atoms with van der Waals surface area (Å²) in [6.45, 7) is 2.67. The predicted octanol–water partition coefficient (Wildman–Crippen LogP) is 2.50. The molecule has 1 aliphatic heterocycles. The Kier molecular flexibility index (Phi) is 6.40. The average Bonchev–Trinajstić information content (AvgIpc) is 3.55. The van der Waals surface area contributed by atoms with Gasteiger partial charge in [-0.05, 0) is 49.4 Å². The second-order valence-electron chi connectivity index (χ2n) is 7.32. The van der Waals surface area contributed by atoms with Gasteiger partial charge < -0.3 is 4.42 Å². The molecule has 1 saturated heterocycles. The molecule has 3 aromatic rings. The van der Waals surface area contributed by atoms with Crippen LogP contribution >= 0.6 is 11.3 Å². The Labute approximate surface area is 189 Å². The summed E-state index contributed by atoms with van der Waals surface area (Å²) in [5.74, 6) is -0.128. The minimum Gasteiger partial charge on any atom is -0.440 e. The SMILES string of the molecule is Cc1oc(-c2cccs2)nc1CC(=O)NNC(=O)c1cccc(S(=O)(=O)N2CCCC2)c1. The van der Waals surface area contributed by atoms with Crippen molar-refractivity contribution in [1.29, 1.82) is 0 Å². The van der Waals surface area contributed by atoms with E-state index in [1.54, 1.807) is 6.92 Å². The highest BCUT2D eigenvalue weighted by Gasteiger charge is 2.27. The summed E-state index contributed by atoms with van der Waals surface area (Å²) in [7, 11) is -3.64. The molecule has 1 aromatic carbocycles. The van der Waals surface area contributed by atoms with Crippen LogP contribution in [0.5, 0.6) is 0 Å². The highest BCUT2D eigenvalue weighted by Crippen LogP contribution is 2.26. The number of hydrogen-bond acceptors (Lipinski definition) is 7. The highest BCUT2D eigenvalue weighted by atomic mass is 32.2. The van der Waals surface area contributed by atoms with Crippen molar-refractivity contribution >= 4 is 33.2 Å². The predicted molar refractivity (Wildman–Crippen MR) is 118 cm³/mol. The summed E-state index contributed by atoms with van der Waals surface area (Å²) in [6.07, 6.45) is 1.57. The van der Waals surface area contributed by atoms with Crippen LogP contribution in [0.4, 0.5) is 0 Å². The Balaban J connectivity index is 1.37. The van der Waals surface area contributed by atoms with E-state index >= 15 is 0 Å². The zero-order valence-corrected chi connectivity index (χ0v) is 19.0. The minimum absolute atomic E-state index is 0.0534. The summed E-state index contributed by atoms with van der Waals surface area (Å²) in [5.41, 5.74) is 5.25. The van der Waals surface area contributed by atoms with Gasteiger partial charge in [0, 0.05) is 18.7 Å². The summed E-state index contributed by atoms with van der Waals surface area (Å²) < 4.78 is 32.4. The summed E-state index contributed by atoms with van der Waals surface area (Å²) in [5, 5.41) is 1.90. The van der Waals surface area contributed by atoms with Crippen LogP contribution in [0, 0.1) is 6.92 Å². The summed E-state index contributed by atoms with van der Waals surface area (Å²) >= 11 is 1.48. The third-order valence-corrected chi connectivity index (χ3v) is 7.82. The molecule has 2 amide bonds. The van der Waals surface area contributed by atoms with Gasteiger partial charge in [0.1, 0.15) is 5.76 Å². The van der Waals surface area contributed by atoms with E-state index in [9.17, 15) is 18.0 Å². The van der Waals surface area contributed by atoms with E-state index in [4.69, 9.17) is 4.42 Å². The molecular weight excluding hydrogens is 452 g/mol. The number of carbonyl (C=O) groups excluding carboxylic acids is 2. The second kappa shape index (κ2) is 9.23. The lowest BCUT2D eigenvalue weighted by molar-refractivity contribution is -0.121. The number of carbonyl (C=O) groups is 2. The van der Waals surface area contributed by atoms with E-state index < -0.39 is 21.8 Å². The van der Waals surface area contributed by atoms with Crippen LogP contribution in [0.1, 0.15) is 34.7 Å². The number of thiophene rings is 1. The number of benzene rings is 1. The van der Waals surface area contributed by atoms with Gasteiger partial charge in [-0.2, -0.15) is 4.31 Å². The van der Waals surface area contributed by atoms with Crippen molar-refractivity contribution in [3.8, 4) is 10.8 Å². The van der Waals surface area contributed by atoms with Gasteiger partial charge in [-0.1, -0.05) is 12.1 Å². The number of hydrazine groups is 1. The topological polar surface area (TPSA) is 122 Å². The van der Waals surface area contributed by atoms with Crippen molar-refractivity contribution in [2.45, 2.75) is 31.1 Å². The van der Waals surface area contributed by atoms with Gasteiger partial charge in [0.2, 0.25) is 21.8 Å². The largest absolute Gasteiger partial charge is 0.440 e. The molecule has 0 unspecified atom stereocenters. The van der Waals surface area contributed by atoms with Gasteiger partial charge in [-0.25, -0.2) is 13.4 Å². The Morgan fingerprint density at radius 3 is 2.66 bits per heavy atom. The van der Waals surface area contributed by atoms with Crippen molar-refractivity contribution in [3.05, 3.63) is 58.8 Å². The highest BCUT2D eigenvalue weighted by molar-refractivity contribution is 7.89. The zero-order chi connectivity index (χ0) is 22.7. The van der Waals surface area contributed by atoms with E-state index in [0.29, 0.717) is 30.4 Å². The van der Waals surface area contributed by atoms with Gasteiger partial charge in [0.25, 0.3) is 5.91 Å². The fourth-order valence-corrected chi connectivity index (χ4v) is 5.58. The first kappa shape index (κ1) is 22.2. The van der Waals surface area contributed by atoms with Gasteiger partial charge in [-0.3, -0.25) is 20.4 Å². The molecule has 2 aromatic heterocycles. The zero-order valence-electron chi connectivity index (χ0n) is 17.3. The molecule has 168 valence electrons. The van der Waals surface area contributed by atoms with E-state index in [2.05, 4.69) is 15.8 Å². The molecule has 9 nitrogen and oxygen atoms in total. The van der Waals surface area contributed by atoms with Gasteiger partial charge >= 0.3 is 0 Å². The first-order chi connectivity index (χ1) is 15.3. The van der Waals surface area contributed by atoms with Gasteiger partial charge in [-0.15, -0.1) is 11.3 Å². The molecule has 1 aliphatic rings. The molecule has 0 radical (unpaired) electrons. The number of nitrogens with zero attached hydrogens (tertiary/aromatic N) is 2. The normalized spacial score (nSPS) is 14.4. The maximum atomic E-state index is 12.7. The third kappa shape index (κ3) is 4.74. The number of aryl methyl sites for hydroxylation is 1. The number of rotatable bonds is 6. The van der Waals surface area contributed by atoms with Crippen LogP contribution in [0.3, 0.4) is 0 Å². The molecule has 2 N–H and O–H groups in total. The number of amides is 2. The van der Waals surface area contributed by atoms with Crippen LogP contribution in [0.2, 0.25) is 0 Å². The molecule has 1 fully saturated rings. The van der Waals surface area contributed by atoms with Crippen molar-refractivity contribution in [1.82, 2.24) is 20.1 Å². The fraction of sp³-hybridized carbons (Fsp3) is 0.286. The number of aromatic nitrogens is 1. The number of oxazole rings is 1. The molecule has 32 heavy (non-hydrogen) atoms. The summed E-state index contributed by atoms with van der Waals surface area (Å²) in [6, 6.07) is 9.51. The first-order valence-corrected chi connectivity index (χ1v) is 12.4. The van der Waals surface area contributed by atoms with Crippen molar-refractivity contribution in [2.75, 3.05) is 13.1 Å². The average molecular weight is 475 g/mol. The molecule has 0 aliphatic carbocycles. The van der Waals surface area contributed by atoms with E-state index in [-0.39, 0.29) is 16.9 Å². The lowest BCUT2D eigenvalue weighted by atomic mass is 10.2. The maximum Gasteiger partial charge on any atom is 0.269 e. The van der Waals surface area contributed by atoms with Crippen LogP contribution in [0.15, 0.2) is 51.1 Å². The van der Waals surface area contributed by atoms with Crippen molar-refractivity contribution in [2.24, 2.45) is 0 Å². The molecular formula is C21H22N4O5S2. The molecule has 11 heteroatoms. The lowest BCUT2D eigenvalue weighted by Gasteiger charge is -2.16. The quantitative estimate of drug-likeness (QED) is 0.530. The fourth-order valence-electron chi connectivity index (χ4n) is 3.37. The minimum atomic E-state index is -3.64. The maximum absolute atomic E-state index is 12.7. The lowest BCUT2D eigenvalue weighted by Crippen LogP contribution is -2.42. The summed E-state index contributed by atoms with van der Waals surface area (Å²) in [4.78, 5) is 30.0. The Hall–Kier alpha value is -3.02. The Morgan fingerprint density at radius 1 is 1.16 bits per heavy atom. The monoisotopic (exact) mass is 474 g/mol. The van der Waals surface area contributed by atoms with Crippen molar-refractivity contribution < 1.29 is 22.4 Å². The molecule has 0 bridgehead atoms. The second-order valence-corrected chi connectivity index (χ2v) is 10.2. The number of nitrogens with one attached hydrogen (secondary N) is 2. The van der Waals surface area contributed by atoms with Crippen LogP contribution in [-0.2, 0) is 21.2 Å². The molecule has 0 saturated carbocycles. The van der Waals surface area contributed by atoms with Crippen LogP contribution in [0.25, 0.3) is 10.8 Å². The number of hydrogen-bond donors (Lipinski definition) is 2. The Bertz CT molecular complexity index is 1230. The van der Waals surface area contributed by atoms with E-state index in [1.165, 1.54) is 39.9 Å². The molecule has 0 atom stereocenters. The van der Waals surface area contributed by atoms with E-state index in [0.717, 1.165) is 17.7 Å². The number of sulfonamides is 1. The van der Waals surface area contributed by atoms with Crippen LogP contribution < -0.4 is 10.9 Å².